The van der Waals surface area contributed by atoms with Gasteiger partial charge in [-0.05, 0) is 16.8 Å². The van der Waals surface area contributed by atoms with Gasteiger partial charge >= 0.3 is 0 Å². The lowest BCUT2D eigenvalue weighted by Crippen LogP contribution is -2.44. The molecule has 0 spiro atoms. The van der Waals surface area contributed by atoms with Crippen molar-refractivity contribution in [1.82, 2.24) is 25.4 Å². The molecular weight excluding hydrogens is 268 g/mol. The monoisotopic (exact) mass is 284 g/mol. The summed E-state index contributed by atoms with van der Waals surface area (Å²) in [6.45, 7) is 3.74. The van der Waals surface area contributed by atoms with E-state index < -0.39 is 0 Å². The van der Waals surface area contributed by atoms with Gasteiger partial charge in [-0.2, -0.15) is 4.98 Å². The van der Waals surface area contributed by atoms with E-state index in [1.165, 1.54) is 0 Å². The Bertz CT molecular complexity index is 743. The van der Waals surface area contributed by atoms with Gasteiger partial charge in [0.15, 0.2) is 0 Å². The lowest BCUT2D eigenvalue weighted by molar-refractivity contribution is 0.383. The van der Waals surface area contributed by atoms with Crippen LogP contribution in [0.25, 0.3) is 10.9 Å². The number of H-pyrrole nitrogens is 1. The molecule has 2 N–H and O–H groups in total. The average Bonchev–Trinajstić information content (AvgIpc) is 3.17. The molecule has 0 radical (unpaired) electrons. The molecule has 4 heterocycles. The summed E-state index contributed by atoms with van der Waals surface area (Å²) in [5.41, 5.74) is 2.16. The molecule has 1 saturated heterocycles. The topological polar surface area (TPSA) is 82.9 Å². The van der Waals surface area contributed by atoms with Crippen LogP contribution in [0.4, 0.5) is 5.95 Å². The summed E-state index contributed by atoms with van der Waals surface area (Å²) in [5.74, 6) is 1.33. The van der Waals surface area contributed by atoms with Gasteiger partial charge in [0.05, 0.1) is 18.1 Å². The minimum Gasteiger partial charge on any atom is -0.360 e. The molecule has 3 aromatic heterocycles. The van der Waals surface area contributed by atoms with Crippen LogP contribution in [0.5, 0.6) is 0 Å². The van der Waals surface area contributed by atoms with E-state index in [2.05, 4.69) is 30.3 Å². The fourth-order valence-electron chi connectivity index (χ4n) is 2.65. The number of pyridine rings is 1. The van der Waals surface area contributed by atoms with E-state index in [9.17, 15) is 0 Å². The Morgan fingerprint density at radius 3 is 3.10 bits per heavy atom. The highest BCUT2D eigenvalue weighted by Crippen LogP contribution is 2.20. The Morgan fingerprint density at radius 1 is 1.29 bits per heavy atom. The summed E-state index contributed by atoms with van der Waals surface area (Å²) in [4.78, 5) is 14.0. The van der Waals surface area contributed by atoms with Crippen LogP contribution in [0.3, 0.4) is 0 Å². The SMILES string of the molecule is c1cc2c(Cc3nc(N4CCNCC4)no3)c[nH]c2cn1. The van der Waals surface area contributed by atoms with Crippen molar-refractivity contribution in [1.29, 1.82) is 0 Å². The number of fused-ring (bicyclic) bond motifs is 1. The number of hydrogen-bond donors (Lipinski definition) is 2. The zero-order valence-corrected chi connectivity index (χ0v) is 11.5. The highest BCUT2D eigenvalue weighted by Gasteiger charge is 2.17. The van der Waals surface area contributed by atoms with Crippen molar-refractivity contribution in [2.45, 2.75) is 6.42 Å². The van der Waals surface area contributed by atoms with Crippen LogP contribution in [0.15, 0.2) is 29.2 Å². The molecule has 0 amide bonds. The van der Waals surface area contributed by atoms with Crippen LogP contribution in [0.2, 0.25) is 0 Å². The summed E-state index contributed by atoms with van der Waals surface area (Å²) in [5, 5.41) is 8.55. The normalized spacial score (nSPS) is 15.7. The third-order valence-electron chi connectivity index (χ3n) is 3.77. The molecule has 108 valence electrons. The van der Waals surface area contributed by atoms with Gasteiger partial charge in [-0.3, -0.25) is 4.98 Å². The van der Waals surface area contributed by atoms with Crippen LogP contribution in [-0.4, -0.2) is 46.3 Å². The number of anilines is 1. The minimum atomic E-state index is 0.628. The van der Waals surface area contributed by atoms with Crippen molar-refractivity contribution in [2.24, 2.45) is 0 Å². The number of rotatable bonds is 3. The van der Waals surface area contributed by atoms with E-state index in [0.29, 0.717) is 18.3 Å². The zero-order chi connectivity index (χ0) is 14.1. The predicted molar refractivity (Wildman–Crippen MR) is 78.3 cm³/mol. The Balaban J connectivity index is 1.56. The van der Waals surface area contributed by atoms with Gasteiger partial charge in [-0.1, -0.05) is 0 Å². The van der Waals surface area contributed by atoms with Crippen LogP contribution in [0.1, 0.15) is 11.5 Å². The molecule has 7 nitrogen and oxygen atoms in total. The molecule has 3 aromatic rings. The predicted octanol–water partition coefficient (Wildman–Crippen LogP) is 0.946. The number of hydrogen-bond acceptors (Lipinski definition) is 6. The number of nitrogens with zero attached hydrogens (tertiary/aromatic N) is 4. The third-order valence-corrected chi connectivity index (χ3v) is 3.77. The number of aromatic nitrogens is 4. The van der Waals surface area contributed by atoms with Gasteiger partial charge < -0.3 is 19.7 Å². The van der Waals surface area contributed by atoms with Crippen LogP contribution < -0.4 is 10.2 Å². The molecule has 0 atom stereocenters. The van der Waals surface area contributed by atoms with E-state index >= 15 is 0 Å². The summed E-state index contributed by atoms with van der Waals surface area (Å²) in [7, 11) is 0. The Labute approximate surface area is 121 Å². The van der Waals surface area contributed by atoms with E-state index in [-0.39, 0.29) is 0 Å². The Morgan fingerprint density at radius 2 is 2.19 bits per heavy atom. The maximum absolute atomic E-state index is 5.39. The molecule has 0 saturated carbocycles. The van der Waals surface area contributed by atoms with Crippen molar-refractivity contribution in [3.05, 3.63) is 36.1 Å². The smallest absolute Gasteiger partial charge is 0.266 e. The first-order chi connectivity index (χ1) is 10.4. The van der Waals surface area contributed by atoms with Crippen LogP contribution in [0, 0.1) is 0 Å². The van der Waals surface area contributed by atoms with E-state index in [4.69, 9.17) is 4.52 Å². The summed E-state index contributed by atoms with van der Waals surface area (Å²) >= 11 is 0. The summed E-state index contributed by atoms with van der Waals surface area (Å²) in [6.07, 6.45) is 6.21. The van der Waals surface area contributed by atoms with Gasteiger partial charge in [0.2, 0.25) is 5.89 Å². The molecule has 0 unspecified atom stereocenters. The maximum atomic E-state index is 5.39. The number of nitrogens with one attached hydrogen (secondary N) is 2. The Hall–Kier alpha value is -2.41. The van der Waals surface area contributed by atoms with Crippen LogP contribution >= 0.6 is 0 Å². The second-order valence-electron chi connectivity index (χ2n) is 5.14. The average molecular weight is 284 g/mol. The highest BCUT2D eigenvalue weighted by atomic mass is 16.5. The third kappa shape index (κ3) is 2.36. The van der Waals surface area contributed by atoms with Crippen molar-refractivity contribution in [2.75, 3.05) is 31.1 Å². The molecule has 0 bridgehead atoms. The van der Waals surface area contributed by atoms with E-state index in [1.807, 2.05) is 18.5 Å². The summed E-state index contributed by atoms with van der Waals surface area (Å²) in [6, 6.07) is 1.99. The summed E-state index contributed by atoms with van der Waals surface area (Å²) < 4.78 is 5.39. The standard InChI is InChI=1S/C14H16N6O/c1-2-16-9-12-11(1)10(8-17-12)7-13-18-14(19-21-13)20-5-3-15-4-6-20/h1-2,8-9,15,17H,3-7H2. The maximum Gasteiger partial charge on any atom is 0.266 e. The first kappa shape index (κ1) is 12.3. The first-order valence-electron chi connectivity index (χ1n) is 7.08. The van der Waals surface area contributed by atoms with Gasteiger partial charge in [0.25, 0.3) is 5.95 Å². The second-order valence-corrected chi connectivity index (χ2v) is 5.14. The van der Waals surface area contributed by atoms with Gasteiger partial charge in [0.1, 0.15) is 0 Å². The van der Waals surface area contributed by atoms with Crippen molar-refractivity contribution < 1.29 is 4.52 Å². The first-order valence-corrected chi connectivity index (χ1v) is 7.08. The molecular formula is C14H16N6O. The largest absolute Gasteiger partial charge is 0.360 e. The fraction of sp³-hybridized carbons (Fsp3) is 0.357. The lowest BCUT2D eigenvalue weighted by atomic mass is 10.1. The molecule has 21 heavy (non-hydrogen) atoms. The molecule has 0 aromatic carbocycles. The second kappa shape index (κ2) is 5.17. The molecule has 4 rings (SSSR count). The fourth-order valence-corrected chi connectivity index (χ4v) is 2.65. The molecule has 1 aliphatic rings. The highest BCUT2D eigenvalue weighted by molar-refractivity contribution is 5.82. The quantitative estimate of drug-likeness (QED) is 0.745. The van der Waals surface area contributed by atoms with Gasteiger partial charge in [-0.15, -0.1) is 0 Å². The zero-order valence-electron chi connectivity index (χ0n) is 11.5. The minimum absolute atomic E-state index is 0.628. The molecule has 0 aliphatic carbocycles. The molecule has 7 heteroatoms. The van der Waals surface area contributed by atoms with Crippen molar-refractivity contribution in [3.8, 4) is 0 Å². The van der Waals surface area contributed by atoms with Crippen molar-refractivity contribution >= 4 is 16.9 Å². The van der Waals surface area contributed by atoms with Gasteiger partial charge in [0, 0.05) is 44.0 Å². The number of piperazine rings is 1. The molecule has 1 aliphatic heterocycles. The van der Waals surface area contributed by atoms with Gasteiger partial charge in [-0.25, -0.2) is 0 Å². The van der Waals surface area contributed by atoms with E-state index in [1.54, 1.807) is 6.20 Å². The Kier molecular flexibility index (Phi) is 3.04. The molecule has 1 fully saturated rings. The van der Waals surface area contributed by atoms with Crippen LogP contribution in [-0.2, 0) is 6.42 Å². The van der Waals surface area contributed by atoms with E-state index in [0.717, 1.165) is 42.6 Å². The van der Waals surface area contributed by atoms with Crippen molar-refractivity contribution in [3.63, 3.8) is 0 Å². The number of aromatic amines is 1. The lowest BCUT2D eigenvalue weighted by Gasteiger charge is -2.25.